The zero-order chi connectivity index (χ0) is 14.2. The molecular weight excluding hydrogens is 250 g/mol. The molecule has 20 heavy (non-hydrogen) atoms. The molecule has 2 N–H and O–H groups in total. The van der Waals surface area contributed by atoms with Crippen molar-refractivity contribution < 1.29 is 0 Å². The first kappa shape index (κ1) is 14.0. The molecule has 0 unspecified atom stereocenters. The molecule has 2 aromatic rings. The maximum Gasteiger partial charge on any atom is 0.158 e. The number of benzene rings is 1. The van der Waals surface area contributed by atoms with Gasteiger partial charge < -0.3 is 10.6 Å². The lowest BCUT2D eigenvalue weighted by molar-refractivity contribution is 0.723. The van der Waals surface area contributed by atoms with Crippen LogP contribution in [0.25, 0.3) is 0 Å². The normalized spacial score (nSPS) is 10.0. The molecule has 0 bridgehead atoms. The molecule has 0 radical (unpaired) electrons. The summed E-state index contributed by atoms with van der Waals surface area (Å²) in [7, 11) is 0. The van der Waals surface area contributed by atoms with Gasteiger partial charge in [0.25, 0.3) is 0 Å². The van der Waals surface area contributed by atoms with Gasteiger partial charge in [-0.2, -0.15) is 5.26 Å². The quantitative estimate of drug-likeness (QED) is 0.861. The van der Waals surface area contributed by atoms with Crippen LogP contribution in [0.3, 0.4) is 0 Å². The highest BCUT2D eigenvalue weighted by atomic mass is 15.2. The van der Waals surface area contributed by atoms with Gasteiger partial charge in [0.05, 0.1) is 12.4 Å². The minimum Gasteiger partial charge on any atom is -0.351 e. The van der Waals surface area contributed by atoms with Gasteiger partial charge in [0.2, 0.25) is 0 Å². The molecule has 1 heterocycles. The van der Waals surface area contributed by atoms with Crippen molar-refractivity contribution in [2.45, 2.75) is 13.0 Å². The van der Waals surface area contributed by atoms with Crippen LogP contribution in [-0.2, 0) is 6.54 Å². The largest absolute Gasteiger partial charge is 0.351 e. The third-order valence-corrected chi connectivity index (χ3v) is 2.93. The van der Waals surface area contributed by atoms with Crippen molar-refractivity contribution in [2.75, 3.05) is 18.0 Å². The van der Waals surface area contributed by atoms with E-state index in [2.05, 4.69) is 27.0 Å². The Bertz CT molecular complexity index is 559. The maximum absolute atomic E-state index is 8.76. The Kier molecular flexibility index (Phi) is 5.04. The van der Waals surface area contributed by atoms with Crippen LogP contribution in [0.4, 0.5) is 5.82 Å². The summed E-state index contributed by atoms with van der Waals surface area (Å²) in [4.78, 5) is 10.5. The summed E-state index contributed by atoms with van der Waals surface area (Å²) in [6.45, 7) is 2.20. The summed E-state index contributed by atoms with van der Waals surface area (Å²) in [6, 6.07) is 12.2. The van der Waals surface area contributed by atoms with Crippen LogP contribution >= 0.6 is 0 Å². The van der Waals surface area contributed by atoms with E-state index < -0.39 is 0 Å². The molecule has 0 spiro atoms. The Hall–Kier alpha value is -2.45. The van der Waals surface area contributed by atoms with E-state index in [1.54, 1.807) is 6.20 Å². The van der Waals surface area contributed by atoms with E-state index in [9.17, 15) is 0 Å². The molecule has 0 atom stereocenters. The smallest absolute Gasteiger partial charge is 0.158 e. The summed E-state index contributed by atoms with van der Waals surface area (Å²) in [5, 5.41) is 8.76. The van der Waals surface area contributed by atoms with Gasteiger partial charge in [0, 0.05) is 13.1 Å². The zero-order valence-electron chi connectivity index (χ0n) is 11.2. The molecular formula is C15H17N5. The Morgan fingerprint density at radius 3 is 2.55 bits per heavy atom. The first-order chi connectivity index (χ1) is 9.83. The van der Waals surface area contributed by atoms with Crippen LogP contribution in [0.2, 0.25) is 0 Å². The lowest BCUT2D eigenvalue weighted by Gasteiger charge is -2.23. The average Bonchev–Trinajstić information content (AvgIpc) is 2.52. The number of nitrogens with zero attached hydrogens (tertiary/aromatic N) is 4. The van der Waals surface area contributed by atoms with Gasteiger partial charge in [-0.1, -0.05) is 30.3 Å². The van der Waals surface area contributed by atoms with Crippen LogP contribution in [-0.4, -0.2) is 23.1 Å². The molecule has 1 aromatic heterocycles. The topological polar surface area (TPSA) is 78.8 Å². The van der Waals surface area contributed by atoms with Gasteiger partial charge in [-0.3, -0.25) is 0 Å². The standard InChI is InChI=1S/C15H17N5/c16-7-4-8-20(12-13-5-2-1-3-6-13)15-11-18-14(9-17)10-19-15/h1-3,5-6,10-11H,4,7-8,12,16H2. The second-order valence-electron chi connectivity index (χ2n) is 4.42. The van der Waals surface area contributed by atoms with Crippen LogP contribution in [0.5, 0.6) is 0 Å². The molecule has 0 saturated heterocycles. The summed E-state index contributed by atoms with van der Waals surface area (Å²) in [5.41, 5.74) is 7.12. The van der Waals surface area contributed by atoms with Crippen LogP contribution in [0.15, 0.2) is 42.7 Å². The van der Waals surface area contributed by atoms with Crippen LogP contribution < -0.4 is 10.6 Å². The van der Waals surface area contributed by atoms with Crippen molar-refractivity contribution in [1.29, 1.82) is 5.26 Å². The summed E-state index contributed by atoms with van der Waals surface area (Å²) in [6.07, 6.45) is 4.02. The zero-order valence-corrected chi connectivity index (χ0v) is 11.2. The SMILES string of the molecule is N#Cc1cnc(N(CCCN)Cc2ccccc2)cn1. The van der Waals surface area contributed by atoms with Gasteiger partial charge in [-0.25, -0.2) is 9.97 Å². The van der Waals surface area contributed by atoms with E-state index in [0.717, 1.165) is 25.3 Å². The molecule has 5 heteroatoms. The second-order valence-corrected chi connectivity index (χ2v) is 4.42. The fourth-order valence-corrected chi connectivity index (χ4v) is 1.90. The van der Waals surface area contributed by atoms with Crippen molar-refractivity contribution in [3.05, 3.63) is 54.0 Å². The maximum atomic E-state index is 8.76. The predicted molar refractivity (Wildman–Crippen MR) is 77.9 cm³/mol. The predicted octanol–water partition coefficient (Wildman–Crippen LogP) is 1.70. The number of hydrogen-bond donors (Lipinski definition) is 1. The molecule has 0 fully saturated rings. The number of aromatic nitrogens is 2. The minimum atomic E-state index is 0.326. The van der Waals surface area contributed by atoms with E-state index in [4.69, 9.17) is 11.0 Å². The lowest BCUT2D eigenvalue weighted by atomic mass is 10.2. The number of nitriles is 1. The number of hydrogen-bond acceptors (Lipinski definition) is 5. The highest BCUT2D eigenvalue weighted by molar-refractivity contribution is 5.38. The Balaban J connectivity index is 2.15. The first-order valence-electron chi connectivity index (χ1n) is 6.54. The summed E-state index contributed by atoms with van der Waals surface area (Å²) in [5.74, 6) is 0.765. The monoisotopic (exact) mass is 267 g/mol. The number of nitrogens with two attached hydrogens (primary N) is 1. The molecule has 5 nitrogen and oxygen atoms in total. The van der Waals surface area contributed by atoms with Crippen molar-refractivity contribution in [3.63, 3.8) is 0 Å². The molecule has 102 valence electrons. The molecule has 0 amide bonds. The van der Waals surface area contributed by atoms with Crippen LogP contribution in [0.1, 0.15) is 17.7 Å². The van der Waals surface area contributed by atoms with Gasteiger partial charge in [-0.15, -0.1) is 0 Å². The Morgan fingerprint density at radius 1 is 1.15 bits per heavy atom. The van der Waals surface area contributed by atoms with Crippen molar-refractivity contribution in [2.24, 2.45) is 5.73 Å². The molecule has 0 aliphatic carbocycles. The molecule has 0 aliphatic rings. The molecule has 0 saturated carbocycles. The van der Waals surface area contributed by atoms with E-state index in [1.165, 1.54) is 11.8 Å². The van der Waals surface area contributed by atoms with Gasteiger partial charge in [0.15, 0.2) is 5.69 Å². The molecule has 1 aromatic carbocycles. The van der Waals surface area contributed by atoms with Gasteiger partial charge >= 0.3 is 0 Å². The highest BCUT2D eigenvalue weighted by Gasteiger charge is 2.09. The third-order valence-electron chi connectivity index (χ3n) is 2.93. The van der Waals surface area contributed by atoms with Gasteiger partial charge in [-0.05, 0) is 18.5 Å². The third kappa shape index (κ3) is 3.77. The average molecular weight is 267 g/mol. The fourth-order valence-electron chi connectivity index (χ4n) is 1.90. The van der Waals surface area contributed by atoms with Crippen molar-refractivity contribution in [1.82, 2.24) is 9.97 Å². The van der Waals surface area contributed by atoms with Crippen molar-refractivity contribution >= 4 is 5.82 Å². The first-order valence-corrected chi connectivity index (χ1v) is 6.54. The molecule has 0 aliphatic heterocycles. The summed E-state index contributed by atoms with van der Waals surface area (Å²) < 4.78 is 0. The van der Waals surface area contributed by atoms with E-state index >= 15 is 0 Å². The number of anilines is 1. The highest BCUT2D eigenvalue weighted by Crippen LogP contribution is 2.14. The molecule has 2 rings (SSSR count). The van der Waals surface area contributed by atoms with E-state index in [1.807, 2.05) is 24.3 Å². The van der Waals surface area contributed by atoms with E-state index in [0.29, 0.717) is 12.2 Å². The van der Waals surface area contributed by atoms with Crippen molar-refractivity contribution in [3.8, 4) is 6.07 Å². The minimum absolute atomic E-state index is 0.326. The summed E-state index contributed by atoms with van der Waals surface area (Å²) >= 11 is 0. The fraction of sp³-hybridized carbons (Fsp3) is 0.267. The van der Waals surface area contributed by atoms with Gasteiger partial charge in [0.1, 0.15) is 11.9 Å². The second kappa shape index (κ2) is 7.22. The van der Waals surface area contributed by atoms with E-state index in [-0.39, 0.29) is 0 Å². The lowest BCUT2D eigenvalue weighted by Crippen LogP contribution is -2.26. The Morgan fingerprint density at radius 2 is 1.95 bits per heavy atom. The van der Waals surface area contributed by atoms with Crippen LogP contribution in [0, 0.1) is 11.3 Å². The number of rotatable bonds is 6. The Labute approximate surface area is 118 Å².